The van der Waals surface area contributed by atoms with Crippen LogP contribution in [0.3, 0.4) is 0 Å². The summed E-state index contributed by atoms with van der Waals surface area (Å²) >= 11 is 0. The maximum Gasteiger partial charge on any atom is 0.252 e. The number of methoxy groups -OCH3 is 1. The van der Waals surface area contributed by atoms with Gasteiger partial charge in [-0.15, -0.1) is 0 Å². The number of fused-ring (bicyclic) bond motifs is 1. The quantitative estimate of drug-likeness (QED) is 0.755. The molecule has 1 amide bonds. The molecule has 1 aliphatic heterocycles. The second kappa shape index (κ2) is 5.67. The normalized spacial score (nSPS) is 21.6. The molecule has 0 spiro atoms. The lowest BCUT2D eigenvalue weighted by Gasteiger charge is -2.19. The van der Waals surface area contributed by atoms with Crippen molar-refractivity contribution < 1.29 is 9.53 Å². The minimum atomic E-state index is -0.285. The average molecular weight is 287 g/mol. The van der Waals surface area contributed by atoms with Crippen LogP contribution >= 0.6 is 0 Å². The summed E-state index contributed by atoms with van der Waals surface area (Å²) < 4.78 is 5.33. The van der Waals surface area contributed by atoms with Gasteiger partial charge in [-0.2, -0.15) is 0 Å². The first-order chi connectivity index (χ1) is 10.2. The first-order valence-electron chi connectivity index (χ1n) is 6.85. The molecule has 110 valence electrons. The number of carbonyl (C=O) groups excluding carboxylic acids is 1. The van der Waals surface area contributed by atoms with Gasteiger partial charge < -0.3 is 20.4 Å². The van der Waals surface area contributed by atoms with E-state index < -0.39 is 0 Å². The van der Waals surface area contributed by atoms with Crippen LogP contribution in [0.15, 0.2) is 35.1 Å². The van der Waals surface area contributed by atoms with Crippen molar-refractivity contribution in [2.24, 2.45) is 0 Å². The molecule has 1 saturated heterocycles. The molecule has 0 aliphatic carbocycles. The largest absolute Gasteiger partial charge is 0.378 e. The zero-order valence-electron chi connectivity index (χ0n) is 11.7. The third kappa shape index (κ3) is 2.68. The molecule has 3 rings (SSSR count). The van der Waals surface area contributed by atoms with Gasteiger partial charge in [0.25, 0.3) is 5.91 Å². The van der Waals surface area contributed by atoms with E-state index in [1.165, 1.54) is 6.07 Å². The van der Waals surface area contributed by atoms with E-state index in [4.69, 9.17) is 4.74 Å². The van der Waals surface area contributed by atoms with Gasteiger partial charge in [-0.3, -0.25) is 9.59 Å². The number of aromatic amines is 1. The molecule has 21 heavy (non-hydrogen) atoms. The van der Waals surface area contributed by atoms with Crippen LogP contribution in [-0.4, -0.2) is 43.2 Å². The fraction of sp³-hybridized carbons (Fsp3) is 0.333. The van der Waals surface area contributed by atoms with Gasteiger partial charge in [0.05, 0.1) is 17.7 Å². The van der Waals surface area contributed by atoms with Crippen LogP contribution in [0.25, 0.3) is 10.9 Å². The van der Waals surface area contributed by atoms with E-state index in [-0.39, 0.29) is 23.6 Å². The maximum atomic E-state index is 12.5. The lowest BCUT2D eigenvalue weighted by molar-refractivity contribution is 0.0781. The molecule has 1 fully saturated rings. The summed E-state index contributed by atoms with van der Waals surface area (Å²) in [6.45, 7) is 1.36. The maximum absolute atomic E-state index is 12.5. The number of benzene rings is 1. The highest BCUT2D eigenvalue weighted by Gasteiger charge is 2.28. The Balaban J connectivity index is 1.93. The smallest absolute Gasteiger partial charge is 0.252 e. The number of ether oxygens (including phenoxy) is 1. The van der Waals surface area contributed by atoms with Crippen LogP contribution in [0, 0.1) is 0 Å². The second-order valence-electron chi connectivity index (χ2n) is 5.11. The number of pyridine rings is 1. The minimum absolute atomic E-state index is 0.0535. The standard InChI is InChI=1S/C15H17N3O3/c1-21-13-8-16-7-12(13)18-15(20)10-6-14(19)17-11-5-3-2-4-9(10)11/h2-6,12-13,16H,7-8H2,1H3,(H,17,19)(H,18,20)/t12?,13-/m0/s1. The van der Waals surface area contributed by atoms with Crippen LogP contribution in [0.2, 0.25) is 0 Å². The van der Waals surface area contributed by atoms with E-state index in [0.717, 1.165) is 5.39 Å². The lowest BCUT2D eigenvalue weighted by atomic mass is 10.1. The highest BCUT2D eigenvalue weighted by Crippen LogP contribution is 2.15. The van der Waals surface area contributed by atoms with E-state index in [2.05, 4.69) is 15.6 Å². The van der Waals surface area contributed by atoms with Crippen molar-refractivity contribution in [3.63, 3.8) is 0 Å². The Bertz CT molecular complexity index is 725. The molecular weight excluding hydrogens is 270 g/mol. The third-order valence-corrected chi connectivity index (χ3v) is 3.77. The molecule has 0 bridgehead atoms. The molecule has 3 N–H and O–H groups in total. The summed E-state index contributed by atoms with van der Waals surface area (Å²) in [4.78, 5) is 26.9. The topological polar surface area (TPSA) is 83.2 Å². The van der Waals surface area contributed by atoms with E-state index in [9.17, 15) is 9.59 Å². The van der Waals surface area contributed by atoms with Gasteiger partial charge in [0.15, 0.2) is 0 Å². The van der Waals surface area contributed by atoms with Gasteiger partial charge in [0, 0.05) is 37.2 Å². The summed E-state index contributed by atoms with van der Waals surface area (Å²) in [6.07, 6.45) is -0.0535. The van der Waals surface area contributed by atoms with Crippen LogP contribution in [0.4, 0.5) is 0 Å². The number of para-hydroxylation sites is 1. The van der Waals surface area contributed by atoms with Crippen LogP contribution in [0.1, 0.15) is 10.4 Å². The molecule has 6 nitrogen and oxygen atoms in total. The van der Waals surface area contributed by atoms with E-state index in [1.807, 2.05) is 18.2 Å². The highest BCUT2D eigenvalue weighted by atomic mass is 16.5. The van der Waals surface area contributed by atoms with Crippen LogP contribution in [-0.2, 0) is 4.74 Å². The molecule has 2 atom stereocenters. The number of carbonyl (C=O) groups is 1. The van der Waals surface area contributed by atoms with Crippen molar-refractivity contribution in [3.05, 3.63) is 46.2 Å². The molecule has 0 saturated carbocycles. The zero-order chi connectivity index (χ0) is 14.8. The Morgan fingerprint density at radius 3 is 2.95 bits per heavy atom. The number of hydrogen-bond acceptors (Lipinski definition) is 4. The monoisotopic (exact) mass is 287 g/mol. The molecule has 1 aromatic heterocycles. The van der Waals surface area contributed by atoms with Crippen molar-refractivity contribution >= 4 is 16.8 Å². The van der Waals surface area contributed by atoms with Crippen LogP contribution in [0.5, 0.6) is 0 Å². The molecule has 2 aromatic rings. The Kier molecular flexibility index (Phi) is 3.72. The Morgan fingerprint density at radius 2 is 2.14 bits per heavy atom. The van der Waals surface area contributed by atoms with Gasteiger partial charge in [-0.05, 0) is 6.07 Å². The molecular formula is C15H17N3O3. The van der Waals surface area contributed by atoms with Crippen molar-refractivity contribution in [1.29, 1.82) is 0 Å². The lowest BCUT2D eigenvalue weighted by Crippen LogP contribution is -2.43. The van der Waals surface area contributed by atoms with E-state index >= 15 is 0 Å². The first kappa shape index (κ1) is 13.8. The fourth-order valence-corrected chi connectivity index (χ4v) is 2.69. The van der Waals surface area contributed by atoms with E-state index in [1.54, 1.807) is 13.2 Å². The van der Waals surface area contributed by atoms with Crippen molar-refractivity contribution in [2.45, 2.75) is 12.1 Å². The molecule has 1 unspecified atom stereocenters. The summed E-state index contributed by atoms with van der Waals surface area (Å²) in [5, 5.41) is 6.84. The number of H-pyrrole nitrogens is 1. The Hall–Kier alpha value is -2.18. The van der Waals surface area contributed by atoms with E-state index in [0.29, 0.717) is 24.2 Å². The minimum Gasteiger partial charge on any atom is -0.378 e. The van der Waals surface area contributed by atoms with Crippen molar-refractivity contribution in [2.75, 3.05) is 20.2 Å². The number of hydrogen-bond donors (Lipinski definition) is 3. The predicted molar refractivity (Wildman–Crippen MR) is 79.5 cm³/mol. The summed E-state index contributed by atoms with van der Waals surface area (Å²) in [5.41, 5.74) is 0.755. The number of aromatic nitrogens is 1. The molecule has 6 heteroatoms. The van der Waals surface area contributed by atoms with Crippen molar-refractivity contribution in [3.8, 4) is 0 Å². The number of nitrogens with one attached hydrogen (secondary N) is 3. The van der Waals surface area contributed by atoms with Gasteiger partial charge >= 0.3 is 0 Å². The first-order valence-corrected chi connectivity index (χ1v) is 6.85. The number of rotatable bonds is 3. The Labute approximate surface area is 121 Å². The summed E-state index contributed by atoms with van der Waals surface area (Å²) in [5.74, 6) is -0.256. The fourth-order valence-electron chi connectivity index (χ4n) is 2.69. The summed E-state index contributed by atoms with van der Waals surface area (Å²) in [7, 11) is 1.62. The van der Waals surface area contributed by atoms with Gasteiger partial charge in [0.1, 0.15) is 0 Å². The SMILES string of the molecule is CO[C@H]1CNCC1NC(=O)c1cc(=O)[nH]c2ccccc12. The Morgan fingerprint density at radius 1 is 1.33 bits per heavy atom. The molecule has 1 aromatic carbocycles. The zero-order valence-corrected chi connectivity index (χ0v) is 11.7. The number of amides is 1. The molecule has 1 aliphatic rings. The van der Waals surface area contributed by atoms with Gasteiger partial charge in [0.2, 0.25) is 5.56 Å². The van der Waals surface area contributed by atoms with Gasteiger partial charge in [-0.25, -0.2) is 0 Å². The van der Waals surface area contributed by atoms with Crippen LogP contribution < -0.4 is 16.2 Å². The third-order valence-electron chi connectivity index (χ3n) is 3.77. The van der Waals surface area contributed by atoms with Crippen molar-refractivity contribution in [1.82, 2.24) is 15.6 Å². The predicted octanol–water partition coefficient (Wildman–Crippen LogP) is 0.245. The molecule has 2 heterocycles. The highest BCUT2D eigenvalue weighted by molar-refractivity contribution is 6.06. The average Bonchev–Trinajstić information content (AvgIpc) is 2.93. The van der Waals surface area contributed by atoms with Gasteiger partial charge in [-0.1, -0.05) is 18.2 Å². The second-order valence-corrected chi connectivity index (χ2v) is 5.11. The molecule has 0 radical (unpaired) electrons. The summed E-state index contributed by atoms with van der Waals surface area (Å²) in [6, 6.07) is 8.50.